The molecule has 5 heterocycles. The van der Waals surface area contributed by atoms with Gasteiger partial charge < -0.3 is 20.1 Å². The van der Waals surface area contributed by atoms with E-state index in [4.69, 9.17) is 9.47 Å². The van der Waals surface area contributed by atoms with Gasteiger partial charge in [0.1, 0.15) is 17.9 Å². The zero-order valence-electron chi connectivity index (χ0n) is 18.7. The number of rotatable bonds is 7. The first-order valence-electron chi connectivity index (χ1n) is 11.1. The molecule has 2 aliphatic rings. The number of aromatic nitrogens is 5. The number of nitrogens with one attached hydrogen (secondary N) is 3. The van der Waals surface area contributed by atoms with Crippen LogP contribution in [0.15, 0.2) is 24.5 Å². The molecule has 2 fully saturated rings. The van der Waals surface area contributed by atoms with E-state index in [9.17, 15) is 13.6 Å². The van der Waals surface area contributed by atoms with Gasteiger partial charge >= 0.3 is 6.09 Å². The molecule has 3 atom stereocenters. The number of alkyl carbamates (subject to hydrolysis) is 1. The minimum absolute atomic E-state index is 0.0576. The number of nitrogens with zero attached hydrogens (tertiary/aromatic N) is 5. The van der Waals surface area contributed by atoms with Crippen LogP contribution in [0, 0.1) is 0 Å². The normalized spacial score (nSPS) is 23.4. The van der Waals surface area contributed by atoms with Crippen molar-refractivity contribution >= 4 is 23.5 Å². The van der Waals surface area contributed by atoms with E-state index in [1.54, 1.807) is 36.6 Å². The highest BCUT2D eigenvalue weighted by Gasteiger charge is 2.42. The topological polar surface area (TPSA) is 122 Å². The summed E-state index contributed by atoms with van der Waals surface area (Å²) in [5, 5.41) is 12.6. The molecule has 3 aromatic heterocycles. The van der Waals surface area contributed by atoms with Crippen LogP contribution in [0.2, 0.25) is 0 Å². The van der Waals surface area contributed by atoms with Crippen LogP contribution in [0.5, 0.6) is 0 Å². The first-order chi connectivity index (χ1) is 16.4. The van der Waals surface area contributed by atoms with E-state index in [0.717, 1.165) is 5.69 Å². The molecule has 182 valence electrons. The summed E-state index contributed by atoms with van der Waals surface area (Å²) in [7, 11) is 0. The Balaban J connectivity index is 1.25. The second-order valence-electron chi connectivity index (χ2n) is 8.79. The maximum absolute atomic E-state index is 14.9. The Morgan fingerprint density at radius 3 is 2.97 bits per heavy atom. The third kappa shape index (κ3) is 4.66. The number of imidazole rings is 1. The van der Waals surface area contributed by atoms with E-state index in [1.165, 1.54) is 0 Å². The van der Waals surface area contributed by atoms with E-state index >= 15 is 0 Å². The van der Waals surface area contributed by atoms with Crippen molar-refractivity contribution in [3.8, 4) is 0 Å². The number of halogens is 2. The van der Waals surface area contributed by atoms with Gasteiger partial charge in [-0.1, -0.05) is 0 Å². The molecule has 0 aliphatic carbocycles. The second-order valence-corrected chi connectivity index (χ2v) is 8.79. The Bertz CT molecular complexity index is 1160. The van der Waals surface area contributed by atoms with Crippen LogP contribution < -0.4 is 10.6 Å². The quantitative estimate of drug-likeness (QED) is 0.475. The van der Waals surface area contributed by atoms with Gasteiger partial charge in [0.05, 0.1) is 18.0 Å². The predicted octanol–water partition coefficient (Wildman–Crippen LogP) is 2.26. The Kier molecular flexibility index (Phi) is 6.04. The predicted molar refractivity (Wildman–Crippen MR) is 117 cm³/mol. The zero-order chi connectivity index (χ0) is 23.8. The molecule has 0 saturated carbocycles. The largest absolute Gasteiger partial charge is 0.441 e. The molecule has 13 heteroatoms. The van der Waals surface area contributed by atoms with Crippen LogP contribution >= 0.6 is 0 Å². The highest BCUT2D eigenvalue weighted by molar-refractivity contribution is 5.67. The summed E-state index contributed by atoms with van der Waals surface area (Å²) in [5.41, 5.74) is 1.89. The van der Waals surface area contributed by atoms with E-state index < -0.39 is 30.6 Å². The van der Waals surface area contributed by atoms with Crippen LogP contribution in [0.1, 0.15) is 31.3 Å². The molecule has 11 nitrogen and oxygen atoms in total. The van der Waals surface area contributed by atoms with Gasteiger partial charge in [-0.25, -0.2) is 23.5 Å². The molecule has 0 unspecified atom stereocenters. The highest BCUT2D eigenvalue weighted by Crippen LogP contribution is 2.33. The first kappa shape index (κ1) is 22.5. The van der Waals surface area contributed by atoms with Crippen molar-refractivity contribution < 1.29 is 23.0 Å². The van der Waals surface area contributed by atoms with Crippen molar-refractivity contribution in [2.24, 2.45) is 0 Å². The number of hydrogen-bond donors (Lipinski definition) is 3. The molecule has 3 N–H and O–H groups in total. The Labute approximate surface area is 193 Å². The van der Waals surface area contributed by atoms with Crippen molar-refractivity contribution in [3.05, 3.63) is 35.9 Å². The van der Waals surface area contributed by atoms with Gasteiger partial charge in [0.25, 0.3) is 0 Å². The fourth-order valence-electron chi connectivity index (χ4n) is 4.01. The average Bonchev–Trinajstić information content (AvgIpc) is 3.46. The summed E-state index contributed by atoms with van der Waals surface area (Å²) < 4.78 is 40.4. The molecule has 0 radical (unpaired) electrons. The minimum atomic E-state index is -1.55. The zero-order valence-corrected chi connectivity index (χ0v) is 18.7. The van der Waals surface area contributed by atoms with Crippen molar-refractivity contribution in [3.63, 3.8) is 0 Å². The van der Waals surface area contributed by atoms with Crippen molar-refractivity contribution in [1.82, 2.24) is 34.8 Å². The second kappa shape index (κ2) is 9.14. The summed E-state index contributed by atoms with van der Waals surface area (Å²) in [4.78, 5) is 22.7. The van der Waals surface area contributed by atoms with Crippen LogP contribution in [-0.4, -0.2) is 79.7 Å². The molecule has 2 saturated heterocycles. The first-order valence-corrected chi connectivity index (χ1v) is 11.1. The number of H-pyrrole nitrogens is 1. The van der Waals surface area contributed by atoms with Gasteiger partial charge in [-0.2, -0.15) is 5.10 Å². The number of carbonyl (C=O) groups is 1. The molecular formula is C21H26F2N8O3. The van der Waals surface area contributed by atoms with Gasteiger partial charge in [-0.05, 0) is 19.9 Å². The molecule has 3 aromatic rings. The number of hydrogen-bond acceptors (Lipinski definition) is 8. The summed E-state index contributed by atoms with van der Waals surface area (Å²) in [5.74, 6) is 0.878. The maximum atomic E-state index is 14.9. The number of likely N-dealkylation sites (tertiary alicyclic amines) is 1. The summed E-state index contributed by atoms with van der Waals surface area (Å²) in [6, 6.07) is 3.27. The Hall–Kier alpha value is -3.32. The van der Waals surface area contributed by atoms with Gasteiger partial charge in [0.2, 0.25) is 5.95 Å². The molecular weight excluding hydrogens is 450 g/mol. The monoisotopic (exact) mass is 476 g/mol. The lowest BCUT2D eigenvalue weighted by atomic mass is 10.1. The van der Waals surface area contributed by atoms with Crippen LogP contribution in [0.3, 0.4) is 0 Å². The maximum Gasteiger partial charge on any atom is 0.407 e. The summed E-state index contributed by atoms with van der Waals surface area (Å²) in [6.45, 7) is 4.91. The van der Waals surface area contributed by atoms with E-state index in [0.29, 0.717) is 42.7 Å². The SMILES string of the molecule is CC(C)NC(=O)O[C@H]1CO[C@@H](c2cc(Nc3nccc4nc(CN5CC(F)C5)cn34)n[nH]2)[C@H]1F. The Morgan fingerprint density at radius 1 is 1.38 bits per heavy atom. The van der Waals surface area contributed by atoms with Gasteiger partial charge in [0, 0.05) is 44.1 Å². The van der Waals surface area contributed by atoms with E-state index in [-0.39, 0.29) is 12.6 Å². The smallest absolute Gasteiger partial charge is 0.407 e. The molecule has 34 heavy (non-hydrogen) atoms. The van der Waals surface area contributed by atoms with Crippen LogP contribution in [0.4, 0.5) is 25.3 Å². The number of ether oxygens (including phenoxy) is 2. The number of amides is 1. The molecule has 2 aliphatic heterocycles. The number of carbonyl (C=O) groups excluding carboxylic acids is 1. The Morgan fingerprint density at radius 2 is 2.21 bits per heavy atom. The lowest BCUT2D eigenvalue weighted by Gasteiger charge is -2.33. The summed E-state index contributed by atoms with van der Waals surface area (Å²) in [6.07, 6.45) is -1.50. The molecule has 0 bridgehead atoms. The summed E-state index contributed by atoms with van der Waals surface area (Å²) >= 11 is 0. The number of anilines is 2. The highest BCUT2D eigenvalue weighted by atomic mass is 19.1. The number of fused-ring (bicyclic) bond motifs is 1. The number of alkyl halides is 2. The third-order valence-electron chi connectivity index (χ3n) is 5.62. The van der Waals surface area contributed by atoms with Crippen LogP contribution in [0.25, 0.3) is 5.65 Å². The van der Waals surface area contributed by atoms with Gasteiger partial charge in [-0.3, -0.25) is 14.4 Å². The van der Waals surface area contributed by atoms with Crippen molar-refractivity contribution in [1.29, 1.82) is 0 Å². The standard InChI is InChI=1S/C21H26F2N8O3/c1-11(2)25-21(32)34-15-10-33-19(18(15)23)14-5-16(29-28-14)27-20-24-4-3-17-26-13(9-31(17)20)8-30-6-12(22)7-30/h3-5,9,11-12,15,18-19H,6-8,10H2,1-2H3,(H,25,32)(H2,24,27,28,29)/t15-,18-,19-/m0/s1. The fraction of sp³-hybridized carbons (Fsp3) is 0.524. The fourth-order valence-corrected chi connectivity index (χ4v) is 4.01. The lowest BCUT2D eigenvalue weighted by molar-refractivity contribution is 0.0582. The minimum Gasteiger partial charge on any atom is -0.441 e. The lowest BCUT2D eigenvalue weighted by Crippen LogP contribution is -2.47. The molecule has 0 aromatic carbocycles. The molecule has 1 amide bonds. The van der Waals surface area contributed by atoms with Crippen LogP contribution in [-0.2, 0) is 16.0 Å². The van der Waals surface area contributed by atoms with E-state index in [1.807, 2.05) is 11.1 Å². The van der Waals surface area contributed by atoms with E-state index in [2.05, 4.69) is 30.8 Å². The van der Waals surface area contributed by atoms with Gasteiger partial charge in [-0.15, -0.1) is 0 Å². The average molecular weight is 476 g/mol. The number of aromatic amines is 1. The molecule has 5 rings (SSSR count). The van der Waals surface area contributed by atoms with Crippen molar-refractivity contribution in [2.75, 3.05) is 25.0 Å². The van der Waals surface area contributed by atoms with Crippen molar-refractivity contribution in [2.45, 2.75) is 51.0 Å². The molecule has 0 spiro atoms. The van der Waals surface area contributed by atoms with Gasteiger partial charge in [0.15, 0.2) is 18.1 Å². The third-order valence-corrected chi connectivity index (χ3v) is 5.62.